The maximum absolute atomic E-state index is 12.9. The van der Waals surface area contributed by atoms with Crippen LogP contribution in [0.15, 0.2) is 82.5 Å². The highest BCUT2D eigenvalue weighted by atomic mass is 16.3. The van der Waals surface area contributed by atoms with Gasteiger partial charge in [-0.2, -0.15) is 0 Å². The quantitative estimate of drug-likeness (QED) is 0.478. The number of hydrogen-bond donors (Lipinski definition) is 1. The SMILES string of the molecule is Cn1ccnc1C(NC(=O)Cn1cnc2c(oc3ccccc32)c1=O)c1ccccc1. The molecule has 31 heavy (non-hydrogen) atoms. The third kappa shape index (κ3) is 3.38. The van der Waals surface area contributed by atoms with Gasteiger partial charge in [0.15, 0.2) is 0 Å². The van der Waals surface area contributed by atoms with E-state index in [0.29, 0.717) is 16.9 Å². The highest BCUT2D eigenvalue weighted by Gasteiger charge is 2.21. The zero-order chi connectivity index (χ0) is 21.4. The second-order valence-electron chi connectivity index (χ2n) is 7.26. The van der Waals surface area contributed by atoms with Crippen LogP contribution in [0.25, 0.3) is 22.1 Å². The molecule has 2 aromatic carbocycles. The molecule has 1 unspecified atom stereocenters. The first-order chi connectivity index (χ1) is 15.1. The lowest BCUT2D eigenvalue weighted by Gasteiger charge is -2.19. The lowest BCUT2D eigenvalue weighted by atomic mass is 10.1. The average Bonchev–Trinajstić information content (AvgIpc) is 3.38. The average molecular weight is 413 g/mol. The first-order valence-corrected chi connectivity index (χ1v) is 9.80. The fourth-order valence-corrected chi connectivity index (χ4v) is 3.69. The molecule has 0 spiro atoms. The first-order valence-electron chi connectivity index (χ1n) is 9.80. The summed E-state index contributed by atoms with van der Waals surface area (Å²) in [7, 11) is 1.87. The monoisotopic (exact) mass is 413 g/mol. The number of fused-ring (bicyclic) bond motifs is 3. The van der Waals surface area contributed by atoms with Crippen LogP contribution in [0.3, 0.4) is 0 Å². The molecule has 1 amide bonds. The lowest BCUT2D eigenvalue weighted by Crippen LogP contribution is -2.36. The van der Waals surface area contributed by atoms with Crippen LogP contribution < -0.4 is 10.9 Å². The number of carbonyl (C=O) groups is 1. The van der Waals surface area contributed by atoms with E-state index in [1.165, 1.54) is 10.9 Å². The molecule has 5 rings (SSSR count). The van der Waals surface area contributed by atoms with Crippen LogP contribution in [0.5, 0.6) is 0 Å². The Labute approximate surface area is 176 Å². The van der Waals surface area contributed by atoms with Crippen molar-refractivity contribution in [3.8, 4) is 0 Å². The van der Waals surface area contributed by atoms with Crippen molar-refractivity contribution in [2.24, 2.45) is 7.05 Å². The fourth-order valence-electron chi connectivity index (χ4n) is 3.69. The molecule has 0 radical (unpaired) electrons. The van der Waals surface area contributed by atoms with Gasteiger partial charge in [-0.25, -0.2) is 9.97 Å². The first kappa shape index (κ1) is 18.8. The second-order valence-corrected chi connectivity index (χ2v) is 7.26. The van der Waals surface area contributed by atoms with Gasteiger partial charge in [0.05, 0.1) is 6.33 Å². The minimum Gasteiger partial charge on any atom is -0.448 e. The normalized spacial score (nSPS) is 12.3. The summed E-state index contributed by atoms with van der Waals surface area (Å²) in [5.41, 5.74) is 1.71. The van der Waals surface area contributed by atoms with E-state index >= 15 is 0 Å². The molecule has 1 atom stereocenters. The summed E-state index contributed by atoms with van der Waals surface area (Å²) in [6, 6.07) is 16.4. The molecule has 0 fully saturated rings. The van der Waals surface area contributed by atoms with E-state index in [-0.39, 0.29) is 18.0 Å². The van der Waals surface area contributed by atoms with Gasteiger partial charge in [0.2, 0.25) is 11.5 Å². The predicted molar refractivity (Wildman–Crippen MR) is 115 cm³/mol. The Morgan fingerprint density at radius 1 is 1.10 bits per heavy atom. The maximum Gasteiger partial charge on any atom is 0.297 e. The largest absolute Gasteiger partial charge is 0.448 e. The van der Waals surface area contributed by atoms with Crippen molar-refractivity contribution in [2.75, 3.05) is 0 Å². The molecule has 0 bridgehead atoms. The fraction of sp³-hybridized carbons (Fsp3) is 0.130. The van der Waals surface area contributed by atoms with Gasteiger partial charge in [-0.05, 0) is 17.7 Å². The molecule has 1 N–H and O–H groups in total. The van der Waals surface area contributed by atoms with E-state index in [2.05, 4.69) is 15.3 Å². The van der Waals surface area contributed by atoms with E-state index in [9.17, 15) is 9.59 Å². The van der Waals surface area contributed by atoms with Crippen LogP contribution in [0.1, 0.15) is 17.4 Å². The van der Waals surface area contributed by atoms with Gasteiger partial charge in [0.25, 0.3) is 5.56 Å². The maximum atomic E-state index is 12.9. The highest BCUT2D eigenvalue weighted by molar-refractivity contribution is 6.01. The summed E-state index contributed by atoms with van der Waals surface area (Å²) >= 11 is 0. The number of hydrogen-bond acceptors (Lipinski definition) is 5. The third-order valence-corrected chi connectivity index (χ3v) is 5.22. The number of nitrogens with zero attached hydrogens (tertiary/aromatic N) is 4. The standard InChI is InChI=1S/C23H19N5O3/c1-27-12-11-24-22(27)19(15-7-3-2-4-8-15)26-18(29)13-28-14-25-20-16-9-5-6-10-17(16)31-21(20)23(28)30/h2-12,14,19H,13H2,1H3,(H,26,29). The second kappa shape index (κ2) is 7.56. The number of imidazole rings is 1. The molecule has 0 saturated carbocycles. The van der Waals surface area contributed by atoms with Crippen molar-refractivity contribution in [2.45, 2.75) is 12.6 Å². The number of para-hydroxylation sites is 1. The summed E-state index contributed by atoms with van der Waals surface area (Å²) in [5.74, 6) is 0.356. The van der Waals surface area contributed by atoms with Crippen molar-refractivity contribution in [1.82, 2.24) is 24.4 Å². The number of rotatable bonds is 5. The molecule has 0 saturated heterocycles. The molecule has 5 aromatic rings. The predicted octanol–water partition coefficient (Wildman–Crippen LogP) is 2.78. The van der Waals surface area contributed by atoms with Gasteiger partial charge in [-0.3, -0.25) is 14.2 Å². The Bertz CT molecular complexity index is 1450. The number of carbonyl (C=O) groups excluding carboxylic acids is 1. The van der Waals surface area contributed by atoms with Crippen molar-refractivity contribution >= 4 is 28.0 Å². The van der Waals surface area contributed by atoms with E-state index in [1.807, 2.05) is 66.3 Å². The van der Waals surface area contributed by atoms with E-state index in [0.717, 1.165) is 10.9 Å². The van der Waals surface area contributed by atoms with Gasteiger partial charge >= 0.3 is 0 Å². The summed E-state index contributed by atoms with van der Waals surface area (Å²) in [6.45, 7) is -0.188. The Morgan fingerprint density at radius 2 is 1.87 bits per heavy atom. The number of nitrogens with one attached hydrogen (secondary N) is 1. The van der Waals surface area contributed by atoms with Crippen molar-refractivity contribution in [3.05, 3.63) is 95.1 Å². The zero-order valence-electron chi connectivity index (χ0n) is 16.7. The number of furan rings is 1. The number of benzene rings is 2. The van der Waals surface area contributed by atoms with Gasteiger partial charge in [0.1, 0.15) is 29.5 Å². The van der Waals surface area contributed by atoms with Crippen molar-refractivity contribution in [3.63, 3.8) is 0 Å². The number of amides is 1. The summed E-state index contributed by atoms with van der Waals surface area (Å²) in [4.78, 5) is 34.5. The lowest BCUT2D eigenvalue weighted by molar-refractivity contribution is -0.122. The smallest absolute Gasteiger partial charge is 0.297 e. The van der Waals surface area contributed by atoms with E-state index < -0.39 is 11.6 Å². The van der Waals surface area contributed by atoms with E-state index in [1.54, 1.807) is 12.3 Å². The van der Waals surface area contributed by atoms with Gasteiger partial charge in [-0.1, -0.05) is 42.5 Å². The van der Waals surface area contributed by atoms with Crippen LogP contribution >= 0.6 is 0 Å². The Kier molecular flexibility index (Phi) is 4.59. The van der Waals surface area contributed by atoms with Crippen LogP contribution in [-0.4, -0.2) is 25.0 Å². The number of aromatic nitrogens is 4. The molecule has 0 aliphatic rings. The summed E-state index contributed by atoms with van der Waals surface area (Å²) < 4.78 is 8.79. The Hall–Kier alpha value is -4.20. The van der Waals surface area contributed by atoms with E-state index in [4.69, 9.17) is 4.42 Å². The molecule has 3 heterocycles. The topological polar surface area (TPSA) is 95.0 Å². The highest BCUT2D eigenvalue weighted by Crippen LogP contribution is 2.24. The molecule has 154 valence electrons. The van der Waals surface area contributed by atoms with Crippen molar-refractivity contribution in [1.29, 1.82) is 0 Å². The zero-order valence-corrected chi connectivity index (χ0v) is 16.7. The minimum atomic E-state index is -0.452. The van der Waals surface area contributed by atoms with Gasteiger partial charge in [-0.15, -0.1) is 0 Å². The third-order valence-electron chi connectivity index (χ3n) is 5.22. The van der Waals surface area contributed by atoms with Gasteiger partial charge in [0, 0.05) is 24.8 Å². The van der Waals surface area contributed by atoms with Crippen LogP contribution in [0, 0.1) is 0 Å². The molecule has 8 nitrogen and oxygen atoms in total. The van der Waals surface area contributed by atoms with Gasteiger partial charge < -0.3 is 14.3 Å². The minimum absolute atomic E-state index is 0.139. The van der Waals surface area contributed by atoms with Crippen LogP contribution in [0.2, 0.25) is 0 Å². The summed E-state index contributed by atoms with van der Waals surface area (Å²) in [5, 5.41) is 3.76. The molecule has 3 aromatic heterocycles. The molecular weight excluding hydrogens is 394 g/mol. The molecule has 8 heteroatoms. The molecule has 0 aliphatic heterocycles. The molecular formula is C23H19N5O3. The van der Waals surface area contributed by atoms with Crippen LogP contribution in [0.4, 0.5) is 0 Å². The van der Waals surface area contributed by atoms with Crippen molar-refractivity contribution < 1.29 is 9.21 Å². The Balaban J connectivity index is 1.45. The molecule has 0 aliphatic carbocycles. The summed E-state index contributed by atoms with van der Waals surface area (Å²) in [6.07, 6.45) is 4.88. The van der Waals surface area contributed by atoms with Crippen LogP contribution in [-0.2, 0) is 18.4 Å². The number of aryl methyl sites for hydroxylation is 1. The Morgan fingerprint density at radius 3 is 2.65 bits per heavy atom.